The molecule has 26 heavy (non-hydrogen) atoms. The predicted octanol–water partition coefficient (Wildman–Crippen LogP) is 2.10. The number of carbonyl (C=O) groups is 2. The summed E-state index contributed by atoms with van der Waals surface area (Å²) in [5.41, 5.74) is 2.20. The highest BCUT2D eigenvalue weighted by molar-refractivity contribution is 7.13. The van der Waals surface area contributed by atoms with Crippen LogP contribution in [-0.4, -0.2) is 45.2 Å². The summed E-state index contributed by atoms with van der Waals surface area (Å²) < 4.78 is 0. The first-order chi connectivity index (χ1) is 12.0. The number of halogens is 1. The summed E-state index contributed by atoms with van der Waals surface area (Å²) in [7, 11) is 0. The molecule has 1 amide bonds. The van der Waals surface area contributed by atoms with Crippen LogP contribution in [0, 0.1) is 12.8 Å². The molecule has 1 aromatic carbocycles. The molecule has 1 saturated heterocycles. The molecule has 2 N–H and O–H groups in total. The number of rotatable bonds is 6. The van der Waals surface area contributed by atoms with Gasteiger partial charge in [-0.1, -0.05) is 41.2 Å². The Kier molecular flexibility index (Phi) is 7.07. The molecular formula is C17H21ClN4O3S. The number of amides is 1. The minimum absolute atomic E-state index is 0. The van der Waals surface area contributed by atoms with Gasteiger partial charge in [0.05, 0.1) is 12.5 Å². The molecule has 0 radical (unpaired) electrons. The minimum atomic E-state index is -0.754. The van der Waals surface area contributed by atoms with E-state index < -0.39 is 5.97 Å². The van der Waals surface area contributed by atoms with Crippen LogP contribution in [0.5, 0.6) is 0 Å². The fourth-order valence-corrected chi connectivity index (χ4v) is 3.54. The number of aryl methyl sites for hydroxylation is 1. The van der Waals surface area contributed by atoms with E-state index >= 15 is 0 Å². The molecule has 0 spiro atoms. The summed E-state index contributed by atoms with van der Waals surface area (Å²) >= 11 is 1.25. The minimum Gasteiger partial charge on any atom is -0.481 e. The quantitative estimate of drug-likeness (QED) is 0.776. The van der Waals surface area contributed by atoms with Gasteiger partial charge in [-0.05, 0) is 25.5 Å². The van der Waals surface area contributed by atoms with Crippen molar-refractivity contribution in [1.29, 1.82) is 0 Å². The van der Waals surface area contributed by atoms with Crippen LogP contribution in [0.1, 0.15) is 32.4 Å². The first-order valence-electron chi connectivity index (χ1n) is 8.12. The summed E-state index contributed by atoms with van der Waals surface area (Å²) in [6.07, 6.45) is 0.651. The largest absolute Gasteiger partial charge is 0.481 e. The molecule has 3 rings (SSSR count). The molecule has 2 heterocycles. The van der Waals surface area contributed by atoms with Gasteiger partial charge >= 0.3 is 5.97 Å². The van der Waals surface area contributed by atoms with Crippen LogP contribution in [0.15, 0.2) is 24.3 Å². The lowest BCUT2D eigenvalue weighted by Crippen LogP contribution is -2.22. The third kappa shape index (κ3) is 5.23. The number of benzene rings is 1. The van der Waals surface area contributed by atoms with E-state index in [4.69, 9.17) is 5.11 Å². The number of hydrogen-bond donors (Lipinski definition) is 2. The molecule has 1 aromatic heterocycles. The van der Waals surface area contributed by atoms with Crippen LogP contribution >= 0.6 is 23.7 Å². The van der Waals surface area contributed by atoms with Crippen LogP contribution in [0.3, 0.4) is 0 Å². The van der Waals surface area contributed by atoms with Gasteiger partial charge in [-0.2, -0.15) is 0 Å². The van der Waals surface area contributed by atoms with Crippen LogP contribution in [-0.2, 0) is 17.9 Å². The normalized spacial score (nSPS) is 16.9. The van der Waals surface area contributed by atoms with Gasteiger partial charge in [-0.25, -0.2) is 0 Å². The van der Waals surface area contributed by atoms with Crippen molar-refractivity contribution in [2.75, 3.05) is 13.1 Å². The lowest BCUT2D eigenvalue weighted by molar-refractivity contribution is -0.141. The molecule has 1 unspecified atom stereocenters. The summed E-state index contributed by atoms with van der Waals surface area (Å²) in [6.45, 7) is 4.24. The second-order valence-corrected chi connectivity index (χ2v) is 7.29. The Hall–Kier alpha value is -2.03. The standard InChI is InChI=1S/C17H20N4O3S.ClH/c1-11-2-4-12(5-3-11)8-18-15(22)16-20-19-14(25-16)10-21-7-6-13(9-21)17(23)24;/h2-5,13H,6-10H2,1H3,(H,18,22)(H,23,24);1H. The predicted molar refractivity (Wildman–Crippen MR) is 101 cm³/mol. The summed E-state index contributed by atoms with van der Waals surface area (Å²) in [4.78, 5) is 25.2. The number of nitrogens with zero attached hydrogens (tertiary/aromatic N) is 3. The third-order valence-electron chi connectivity index (χ3n) is 4.22. The van der Waals surface area contributed by atoms with Crippen molar-refractivity contribution in [3.63, 3.8) is 0 Å². The second-order valence-electron chi connectivity index (χ2n) is 6.23. The fourth-order valence-electron chi connectivity index (χ4n) is 2.74. The molecule has 140 valence electrons. The van der Waals surface area contributed by atoms with Crippen molar-refractivity contribution < 1.29 is 14.7 Å². The van der Waals surface area contributed by atoms with E-state index in [0.717, 1.165) is 17.1 Å². The maximum atomic E-state index is 12.2. The molecule has 2 aromatic rings. The van der Waals surface area contributed by atoms with Crippen molar-refractivity contribution in [2.45, 2.75) is 26.4 Å². The van der Waals surface area contributed by atoms with Crippen molar-refractivity contribution in [3.05, 3.63) is 45.4 Å². The molecule has 1 aliphatic heterocycles. The number of aliphatic carboxylic acids is 1. The molecule has 0 aliphatic carbocycles. The van der Waals surface area contributed by atoms with E-state index in [1.807, 2.05) is 36.1 Å². The summed E-state index contributed by atoms with van der Waals surface area (Å²) in [5.74, 6) is -1.31. The third-order valence-corrected chi connectivity index (χ3v) is 5.12. The summed E-state index contributed by atoms with van der Waals surface area (Å²) in [5, 5.41) is 20.9. The fraction of sp³-hybridized carbons (Fsp3) is 0.412. The number of carbonyl (C=O) groups excluding carboxylic acids is 1. The Morgan fingerprint density at radius 3 is 2.69 bits per heavy atom. The number of likely N-dealkylation sites (tertiary alicyclic amines) is 1. The van der Waals surface area contributed by atoms with E-state index in [1.165, 1.54) is 16.9 Å². The van der Waals surface area contributed by atoms with Crippen molar-refractivity contribution in [1.82, 2.24) is 20.4 Å². The van der Waals surface area contributed by atoms with Crippen molar-refractivity contribution in [2.24, 2.45) is 5.92 Å². The lowest BCUT2D eigenvalue weighted by Gasteiger charge is -2.12. The Balaban J connectivity index is 0.00000243. The van der Waals surface area contributed by atoms with E-state index in [1.54, 1.807) is 0 Å². The lowest BCUT2D eigenvalue weighted by atomic mass is 10.1. The molecular weight excluding hydrogens is 376 g/mol. The second kappa shape index (κ2) is 9.07. The van der Waals surface area contributed by atoms with Crippen molar-refractivity contribution in [3.8, 4) is 0 Å². The zero-order valence-electron chi connectivity index (χ0n) is 14.3. The molecule has 0 bridgehead atoms. The highest BCUT2D eigenvalue weighted by atomic mass is 35.5. The number of carboxylic acid groups (broad SMARTS) is 1. The zero-order chi connectivity index (χ0) is 17.8. The van der Waals surface area contributed by atoms with Gasteiger partial charge in [0.25, 0.3) is 5.91 Å². The molecule has 1 aliphatic rings. The number of carboxylic acids is 1. The highest BCUT2D eigenvalue weighted by Crippen LogP contribution is 2.20. The van der Waals surface area contributed by atoms with Gasteiger partial charge in [-0.15, -0.1) is 22.6 Å². The van der Waals surface area contributed by atoms with E-state index in [9.17, 15) is 9.59 Å². The summed E-state index contributed by atoms with van der Waals surface area (Å²) in [6, 6.07) is 7.97. The monoisotopic (exact) mass is 396 g/mol. The smallest absolute Gasteiger partial charge is 0.307 e. The van der Waals surface area contributed by atoms with Gasteiger partial charge in [0.1, 0.15) is 5.01 Å². The average Bonchev–Trinajstić information content (AvgIpc) is 3.24. The molecule has 9 heteroatoms. The van der Waals surface area contributed by atoms with E-state index in [-0.39, 0.29) is 24.2 Å². The Morgan fingerprint density at radius 1 is 1.31 bits per heavy atom. The average molecular weight is 397 g/mol. The van der Waals surface area contributed by atoms with E-state index in [0.29, 0.717) is 31.1 Å². The Bertz CT molecular complexity index is 766. The maximum Gasteiger partial charge on any atom is 0.307 e. The van der Waals surface area contributed by atoms with Crippen molar-refractivity contribution >= 4 is 35.6 Å². The Labute approximate surface area is 161 Å². The van der Waals surface area contributed by atoms with E-state index in [2.05, 4.69) is 15.5 Å². The zero-order valence-corrected chi connectivity index (χ0v) is 16.0. The van der Waals surface area contributed by atoms with Gasteiger partial charge in [-0.3, -0.25) is 14.5 Å². The van der Waals surface area contributed by atoms with Gasteiger partial charge in [0.15, 0.2) is 0 Å². The number of hydrogen-bond acceptors (Lipinski definition) is 6. The van der Waals surface area contributed by atoms with Crippen LogP contribution in [0.2, 0.25) is 0 Å². The highest BCUT2D eigenvalue weighted by Gasteiger charge is 2.28. The molecule has 1 fully saturated rings. The topological polar surface area (TPSA) is 95.4 Å². The first-order valence-corrected chi connectivity index (χ1v) is 8.94. The molecule has 7 nitrogen and oxygen atoms in total. The molecule has 0 saturated carbocycles. The number of nitrogens with one attached hydrogen (secondary N) is 1. The van der Waals surface area contributed by atoms with Gasteiger partial charge < -0.3 is 10.4 Å². The van der Waals surface area contributed by atoms with Gasteiger partial charge in [0, 0.05) is 13.1 Å². The SMILES string of the molecule is Cc1ccc(CNC(=O)c2nnc(CN3CCC(C(=O)O)C3)s2)cc1.Cl. The van der Waals surface area contributed by atoms with Crippen LogP contribution < -0.4 is 5.32 Å². The van der Waals surface area contributed by atoms with Crippen LogP contribution in [0.4, 0.5) is 0 Å². The maximum absolute atomic E-state index is 12.2. The van der Waals surface area contributed by atoms with Gasteiger partial charge in [0.2, 0.25) is 5.01 Å². The van der Waals surface area contributed by atoms with Crippen LogP contribution in [0.25, 0.3) is 0 Å². The number of aromatic nitrogens is 2. The molecule has 1 atom stereocenters. The Morgan fingerprint density at radius 2 is 2.04 bits per heavy atom. The first kappa shape index (κ1) is 20.3.